The highest BCUT2D eigenvalue weighted by atomic mass is 32.1. The predicted molar refractivity (Wildman–Crippen MR) is 129 cm³/mol. The van der Waals surface area contributed by atoms with E-state index < -0.39 is 11.5 Å². The Balaban J connectivity index is 2.15. The molecule has 2 aromatic heterocycles. The van der Waals surface area contributed by atoms with Crippen molar-refractivity contribution in [3.05, 3.63) is 61.7 Å². The van der Waals surface area contributed by atoms with E-state index in [1.807, 2.05) is 13.8 Å². The number of hydrogen-bond donors (Lipinski definition) is 4. The summed E-state index contributed by atoms with van der Waals surface area (Å²) in [7, 11) is 1.60. The second kappa shape index (κ2) is 10.2. The second-order valence-electron chi connectivity index (χ2n) is 7.12. The van der Waals surface area contributed by atoms with Crippen LogP contribution in [0.25, 0.3) is 11.4 Å². The van der Waals surface area contributed by atoms with Gasteiger partial charge in [0, 0.05) is 12.6 Å². The third-order valence-electron chi connectivity index (χ3n) is 4.82. The predicted octanol–water partition coefficient (Wildman–Crippen LogP) is 3.44. The second-order valence-corrected chi connectivity index (χ2v) is 8.20. The van der Waals surface area contributed by atoms with Gasteiger partial charge < -0.3 is 26.2 Å². The number of nitrogens with one attached hydrogen (secondary N) is 3. The van der Waals surface area contributed by atoms with Crippen molar-refractivity contribution in [1.29, 1.82) is 5.41 Å². The molecule has 172 valence electrons. The van der Waals surface area contributed by atoms with Crippen molar-refractivity contribution in [2.24, 2.45) is 5.73 Å². The van der Waals surface area contributed by atoms with Gasteiger partial charge in [-0.25, -0.2) is 4.98 Å². The number of hydrogen-bond acceptors (Lipinski definition) is 8. The third kappa shape index (κ3) is 5.01. The lowest BCUT2D eigenvalue weighted by Crippen LogP contribution is -2.20. The van der Waals surface area contributed by atoms with Crippen LogP contribution in [0.4, 0.5) is 5.69 Å². The molecule has 0 unspecified atom stereocenters. The fraction of sp³-hybridized carbons (Fsp3) is 0.261. The summed E-state index contributed by atoms with van der Waals surface area (Å²) in [6.07, 6.45) is 1.19. The van der Waals surface area contributed by atoms with E-state index in [2.05, 4.69) is 15.3 Å². The van der Waals surface area contributed by atoms with E-state index in [-0.39, 0.29) is 33.6 Å². The quantitative estimate of drug-likeness (QED) is 0.265. The van der Waals surface area contributed by atoms with Crippen LogP contribution in [0, 0.1) is 5.41 Å². The zero-order valence-corrected chi connectivity index (χ0v) is 19.4. The summed E-state index contributed by atoms with van der Waals surface area (Å²) < 4.78 is 5.71. The Morgan fingerprint density at radius 3 is 2.55 bits per heavy atom. The van der Waals surface area contributed by atoms with E-state index in [0.717, 1.165) is 17.8 Å². The van der Waals surface area contributed by atoms with Crippen LogP contribution in [-0.4, -0.2) is 41.0 Å². The van der Waals surface area contributed by atoms with Crippen molar-refractivity contribution in [3.8, 4) is 17.1 Å². The molecule has 1 amide bonds. The molecule has 0 radical (unpaired) electrons. The Labute approximate surface area is 194 Å². The van der Waals surface area contributed by atoms with Crippen molar-refractivity contribution >= 4 is 34.4 Å². The first kappa shape index (κ1) is 23.9. The van der Waals surface area contributed by atoms with Gasteiger partial charge in [0.2, 0.25) is 5.78 Å². The number of thiophene rings is 1. The van der Waals surface area contributed by atoms with E-state index in [9.17, 15) is 14.4 Å². The van der Waals surface area contributed by atoms with Gasteiger partial charge in [0.05, 0.1) is 27.6 Å². The molecular formula is C23H25N5O4S. The lowest BCUT2D eigenvalue weighted by Gasteiger charge is -2.14. The van der Waals surface area contributed by atoms with Gasteiger partial charge in [-0.05, 0) is 43.7 Å². The van der Waals surface area contributed by atoms with E-state index in [4.69, 9.17) is 15.9 Å². The molecule has 0 atom stereocenters. The Hall–Kier alpha value is -3.79. The fourth-order valence-corrected chi connectivity index (χ4v) is 4.11. The molecule has 9 nitrogen and oxygen atoms in total. The number of nitrogens with two attached hydrogens (primary N) is 1. The lowest BCUT2D eigenvalue weighted by molar-refractivity contribution is 0.100. The monoisotopic (exact) mass is 467 g/mol. The molecule has 33 heavy (non-hydrogen) atoms. The molecule has 0 aliphatic heterocycles. The molecule has 0 aliphatic carbocycles. The SMILES string of the molecule is CCCC(=N)c1nc(-c2cc(C(=O)c3ccc(C(N)=O)s3)ccc2OCC)[nH]c(=O)c1NC. The molecule has 0 saturated heterocycles. The molecule has 0 bridgehead atoms. The maximum atomic E-state index is 13.0. The molecule has 10 heteroatoms. The van der Waals surface area contributed by atoms with Crippen LogP contribution in [0.3, 0.4) is 0 Å². The zero-order valence-electron chi connectivity index (χ0n) is 18.6. The number of primary amides is 1. The van der Waals surface area contributed by atoms with Crippen LogP contribution >= 0.6 is 11.3 Å². The van der Waals surface area contributed by atoms with Gasteiger partial charge in [0.25, 0.3) is 11.5 Å². The van der Waals surface area contributed by atoms with Gasteiger partial charge in [-0.15, -0.1) is 11.3 Å². The van der Waals surface area contributed by atoms with Crippen molar-refractivity contribution in [3.63, 3.8) is 0 Å². The first-order valence-electron chi connectivity index (χ1n) is 10.4. The van der Waals surface area contributed by atoms with Crippen molar-refractivity contribution < 1.29 is 14.3 Å². The maximum Gasteiger partial charge on any atom is 0.275 e. The van der Waals surface area contributed by atoms with Crippen LogP contribution in [0.15, 0.2) is 35.1 Å². The summed E-state index contributed by atoms with van der Waals surface area (Å²) in [6.45, 7) is 4.13. The summed E-state index contributed by atoms with van der Waals surface area (Å²) in [5.74, 6) is -0.270. The van der Waals surface area contributed by atoms with Crippen LogP contribution in [0.5, 0.6) is 5.75 Å². The van der Waals surface area contributed by atoms with Gasteiger partial charge >= 0.3 is 0 Å². The normalized spacial score (nSPS) is 10.6. The molecule has 0 aliphatic rings. The number of carbonyl (C=O) groups is 2. The third-order valence-corrected chi connectivity index (χ3v) is 5.92. The highest BCUT2D eigenvalue weighted by Gasteiger charge is 2.20. The van der Waals surface area contributed by atoms with Crippen molar-refractivity contribution in [1.82, 2.24) is 9.97 Å². The maximum absolute atomic E-state index is 13.0. The Bertz CT molecular complexity index is 1280. The van der Waals surface area contributed by atoms with Gasteiger partial charge in [-0.3, -0.25) is 14.4 Å². The summed E-state index contributed by atoms with van der Waals surface area (Å²) >= 11 is 1.01. The van der Waals surface area contributed by atoms with E-state index in [0.29, 0.717) is 34.8 Å². The number of rotatable bonds is 10. The minimum absolute atomic E-state index is 0.192. The minimum Gasteiger partial charge on any atom is -0.493 e. The fourth-order valence-electron chi connectivity index (χ4n) is 3.29. The number of carbonyl (C=O) groups excluding carboxylic acids is 2. The van der Waals surface area contributed by atoms with E-state index in [1.165, 1.54) is 6.07 Å². The number of aromatic amines is 1. The number of ketones is 1. The summed E-state index contributed by atoms with van der Waals surface area (Å²) in [5, 5.41) is 11.2. The van der Waals surface area contributed by atoms with Crippen LogP contribution in [0.1, 0.15) is 57.3 Å². The smallest absolute Gasteiger partial charge is 0.275 e. The number of anilines is 1. The zero-order chi connectivity index (χ0) is 24.1. The summed E-state index contributed by atoms with van der Waals surface area (Å²) in [4.78, 5) is 45.1. The number of benzene rings is 1. The van der Waals surface area contributed by atoms with Gasteiger partial charge in [-0.2, -0.15) is 0 Å². The number of ether oxygens (including phenoxy) is 1. The molecule has 0 fully saturated rings. The van der Waals surface area contributed by atoms with E-state index in [1.54, 1.807) is 31.3 Å². The molecule has 1 aromatic carbocycles. The van der Waals surface area contributed by atoms with Crippen LogP contribution in [0.2, 0.25) is 0 Å². The largest absolute Gasteiger partial charge is 0.493 e. The Morgan fingerprint density at radius 2 is 1.94 bits per heavy atom. The molecule has 3 rings (SSSR count). The van der Waals surface area contributed by atoms with Crippen molar-refractivity contribution in [2.45, 2.75) is 26.7 Å². The van der Waals surface area contributed by atoms with Crippen LogP contribution < -0.4 is 21.3 Å². The van der Waals surface area contributed by atoms with Gasteiger partial charge in [-0.1, -0.05) is 13.3 Å². The first-order chi connectivity index (χ1) is 15.8. The van der Waals surface area contributed by atoms with E-state index >= 15 is 0 Å². The topological polar surface area (TPSA) is 151 Å². The highest BCUT2D eigenvalue weighted by Crippen LogP contribution is 2.31. The molecule has 0 spiro atoms. The van der Waals surface area contributed by atoms with Crippen molar-refractivity contribution in [2.75, 3.05) is 19.0 Å². The van der Waals surface area contributed by atoms with Gasteiger partial charge in [0.15, 0.2) is 0 Å². The van der Waals surface area contributed by atoms with Gasteiger partial charge in [0.1, 0.15) is 23.0 Å². The minimum atomic E-state index is -0.597. The van der Waals surface area contributed by atoms with Crippen LogP contribution in [-0.2, 0) is 0 Å². The Morgan fingerprint density at radius 1 is 1.21 bits per heavy atom. The number of H-pyrrole nitrogens is 1. The number of nitrogens with zero attached hydrogens (tertiary/aromatic N) is 1. The average Bonchev–Trinajstić information content (AvgIpc) is 3.29. The summed E-state index contributed by atoms with van der Waals surface area (Å²) in [5.41, 5.74) is 6.31. The summed E-state index contributed by atoms with van der Waals surface area (Å²) in [6, 6.07) is 7.89. The molecular weight excluding hydrogens is 442 g/mol. The molecule has 0 saturated carbocycles. The molecule has 5 N–H and O–H groups in total. The number of aromatic nitrogens is 2. The molecule has 3 aromatic rings. The first-order valence-corrected chi connectivity index (χ1v) is 11.2. The average molecular weight is 468 g/mol. The standard InChI is InChI=1S/C23H25N5O4S/c1-4-6-14(24)18-19(26-3)23(31)28-22(27-18)13-11-12(7-8-15(13)32-5-2)20(29)16-9-10-17(33-16)21(25)30/h7-11,24,26H,4-6H2,1-3H3,(H2,25,30)(H,27,28,31). The molecule has 2 heterocycles. The lowest BCUT2D eigenvalue weighted by atomic mass is 10.0. The number of amides is 1. The highest BCUT2D eigenvalue weighted by molar-refractivity contribution is 7.16. The Kier molecular flexibility index (Phi) is 7.39.